The number of anilines is 2. The number of nitrogens with two attached hydrogens (primary N) is 1. The van der Waals surface area contributed by atoms with E-state index in [4.69, 9.17) is 5.73 Å². The molecule has 0 unspecified atom stereocenters. The number of aromatic nitrogens is 2. The third kappa shape index (κ3) is 6.16. The van der Waals surface area contributed by atoms with E-state index >= 15 is 0 Å². The summed E-state index contributed by atoms with van der Waals surface area (Å²) in [5.74, 6) is -2.09. The fourth-order valence-corrected chi connectivity index (χ4v) is 3.74. The highest BCUT2D eigenvalue weighted by molar-refractivity contribution is 6.06. The minimum absolute atomic E-state index is 0.105. The third-order valence-electron chi connectivity index (χ3n) is 5.59. The van der Waals surface area contributed by atoms with Crippen molar-refractivity contribution >= 4 is 29.2 Å². The van der Waals surface area contributed by atoms with E-state index in [0.717, 1.165) is 24.4 Å². The molecule has 0 saturated heterocycles. The van der Waals surface area contributed by atoms with E-state index in [1.165, 1.54) is 24.4 Å². The third-order valence-corrected chi connectivity index (χ3v) is 5.59. The van der Waals surface area contributed by atoms with E-state index < -0.39 is 29.5 Å². The minimum Gasteiger partial charge on any atom is -0.366 e. The summed E-state index contributed by atoms with van der Waals surface area (Å²) >= 11 is 0. The number of carbonyl (C=O) groups excluding carboxylic acids is 3. The van der Waals surface area contributed by atoms with Gasteiger partial charge in [0.2, 0.25) is 5.91 Å². The highest BCUT2D eigenvalue weighted by Gasteiger charge is 2.31. The summed E-state index contributed by atoms with van der Waals surface area (Å²) in [6.07, 6.45) is -1.04. The van der Waals surface area contributed by atoms with Gasteiger partial charge in [0, 0.05) is 29.2 Å². The predicted molar refractivity (Wildman–Crippen MR) is 140 cm³/mol. The Hall–Kier alpha value is -5.32. The summed E-state index contributed by atoms with van der Waals surface area (Å²) in [6, 6.07) is 15.7. The van der Waals surface area contributed by atoms with E-state index in [-0.39, 0.29) is 22.6 Å². The fourth-order valence-electron chi connectivity index (χ4n) is 3.74. The molecule has 196 valence electrons. The van der Waals surface area contributed by atoms with Gasteiger partial charge in [-0.05, 0) is 65.7 Å². The number of rotatable bonds is 7. The first kappa shape index (κ1) is 26.7. The normalized spacial score (nSPS) is 10.9. The van der Waals surface area contributed by atoms with Gasteiger partial charge in [0.25, 0.3) is 11.8 Å². The van der Waals surface area contributed by atoms with Crippen molar-refractivity contribution in [2.45, 2.75) is 6.18 Å². The molecule has 0 saturated carbocycles. The van der Waals surface area contributed by atoms with Gasteiger partial charge in [-0.3, -0.25) is 19.4 Å². The summed E-state index contributed by atoms with van der Waals surface area (Å²) in [5.41, 5.74) is 7.15. The van der Waals surface area contributed by atoms with Crippen LogP contribution in [0.4, 0.5) is 24.7 Å². The maximum atomic E-state index is 13.1. The lowest BCUT2D eigenvalue weighted by Crippen LogP contribution is -2.15. The van der Waals surface area contributed by atoms with Gasteiger partial charge < -0.3 is 16.4 Å². The Balaban J connectivity index is 1.77. The van der Waals surface area contributed by atoms with Crippen LogP contribution in [-0.2, 0) is 11.0 Å². The van der Waals surface area contributed by atoms with Crippen molar-refractivity contribution in [1.29, 1.82) is 0 Å². The number of nitrogens with zero attached hydrogens (tertiary/aromatic N) is 2. The molecule has 4 rings (SSSR count). The molecule has 8 nitrogen and oxygen atoms in total. The van der Waals surface area contributed by atoms with Crippen LogP contribution in [0.3, 0.4) is 0 Å². The molecule has 0 radical (unpaired) electrons. The van der Waals surface area contributed by atoms with Crippen molar-refractivity contribution in [1.82, 2.24) is 9.97 Å². The SMILES string of the molecule is C=CC(=O)Nc1ccc(-c2cc(C(=O)Nc3cc(C(F)(F)F)ccn3)ccc2-c2ncccc2C(N)=O)cc1. The zero-order chi connectivity index (χ0) is 28.2. The number of alkyl halides is 3. The van der Waals surface area contributed by atoms with Crippen molar-refractivity contribution in [2.75, 3.05) is 10.6 Å². The van der Waals surface area contributed by atoms with Crippen LogP contribution in [0.5, 0.6) is 0 Å². The fraction of sp³-hybridized carbons (Fsp3) is 0.0357. The number of primary amides is 1. The smallest absolute Gasteiger partial charge is 0.366 e. The number of halogens is 3. The van der Waals surface area contributed by atoms with Gasteiger partial charge >= 0.3 is 6.18 Å². The lowest BCUT2D eigenvalue weighted by Gasteiger charge is -2.15. The lowest BCUT2D eigenvalue weighted by molar-refractivity contribution is -0.137. The van der Waals surface area contributed by atoms with Gasteiger partial charge in [-0.15, -0.1) is 0 Å². The van der Waals surface area contributed by atoms with Crippen LogP contribution in [0.1, 0.15) is 26.3 Å². The molecule has 0 fully saturated rings. The van der Waals surface area contributed by atoms with Crippen LogP contribution in [0, 0.1) is 0 Å². The highest BCUT2D eigenvalue weighted by atomic mass is 19.4. The Kier molecular flexibility index (Phi) is 7.52. The second-order valence-corrected chi connectivity index (χ2v) is 8.18. The number of nitrogens with one attached hydrogen (secondary N) is 2. The zero-order valence-corrected chi connectivity index (χ0v) is 20.1. The van der Waals surface area contributed by atoms with Gasteiger partial charge in [-0.1, -0.05) is 24.8 Å². The van der Waals surface area contributed by atoms with Crippen LogP contribution in [-0.4, -0.2) is 27.7 Å². The molecule has 0 aliphatic heterocycles. The van der Waals surface area contributed by atoms with Gasteiger partial charge in [0.15, 0.2) is 0 Å². The van der Waals surface area contributed by atoms with Gasteiger partial charge in [0.05, 0.1) is 16.8 Å². The lowest BCUT2D eigenvalue weighted by atomic mass is 9.93. The van der Waals surface area contributed by atoms with Crippen molar-refractivity contribution in [3.05, 3.63) is 108 Å². The summed E-state index contributed by atoms with van der Waals surface area (Å²) in [6.45, 7) is 3.41. The van der Waals surface area contributed by atoms with Crippen molar-refractivity contribution < 1.29 is 27.6 Å². The quantitative estimate of drug-likeness (QED) is 0.279. The highest BCUT2D eigenvalue weighted by Crippen LogP contribution is 2.35. The van der Waals surface area contributed by atoms with Crippen molar-refractivity contribution in [3.8, 4) is 22.4 Å². The summed E-state index contributed by atoms with van der Waals surface area (Å²) < 4.78 is 39.2. The van der Waals surface area contributed by atoms with Crippen LogP contribution < -0.4 is 16.4 Å². The first-order valence-electron chi connectivity index (χ1n) is 11.3. The molecule has 3 amide bonds. The Morgan fingerprint density at radius 2 is 1.62 bits per heavy atom. The molecule has 2 aromatic carbocycles. The molecule has 4 N–H and O–H groups in total. The Labute approximate surface area is 220 Å². The number of benzene rings is 2. The molecule has 0 aliphatic carbocycles. The number of hydrogen-bond donors (Lipinski definition) is 3. The molecule has 2 heterocycles. The minimum atomic E-state index is -4.60. The Morgan fingerprint density at radius 3 is 2.28 bits per heavy atom. The van der Waals surface area contributed by atoms with Crippen LogP contribution in [0.25, 0.3) is 22.4 Å². The number of amides is 3. The van der Waals surface area contributed by atoms with Gasteiger partial charge in [-0.25, -0.2) is 4.98 Å². The first-order valence-corrected chi connectivity index (χ1v) is 11.3. The first-order chi connectivity index (χ1) is 18.6. The molecule has 0 spiro atoms. The number of pyridine rings is 2. The second-order valence-electron chi connectivity index (χ2n) is 8.18. The van der Waals surface area contributed by atoms with Crippen LogP contribution in [0.2, 0.25) is 0 Å². The molecular weight excluding hydrogens is 511 g/mol. The molecule has 4 aromatic rings. The average Bonchev–Trinajstić information content (AvgIpc) is 2.92. The Morgan fingerprint density at radius 1 is 0.872 bits per heavy atom. The molecule has 0 bridgehead atoms. The topological polar surface area (TPSA) is 127 Å². The monoisotopic (exact) mass is 531 g/mol. The summed E-state index contributed by atoms with van der Waals surface area (Å²) in [5, 5.41) is 5.01. The number of carbonyl (C=O) groups is 3. The number of hydrogen-bond acceptors (Lipinski definition) is 5. The molecular formula is C28H20F3N5O3. The molecule has 11 heteroatoms. The van der Waals surface area contributed by atoms with E-state index in [2.05, 4.69) is 27.2 Å². The maximum Gasteiger partial charge on any atom is 0.416 e. The van der Waals surface area contributed by atoms with E-state index in [0.29, 0.717) is 22.4 Å². The molecule has 0 aliphatic rings. The van der Waals surface area contributed by atoms with E-state index in [9.17, 15) is 27.6 Å². The largest absolute Gasteiger partial charge is 0.416 e. The summed E-state index contributed by atoms with van der Waals surface area (Å²) in [4.78, 5) is 44.8. The van der Waals surface area contributed by atoms with E-state index in [1.54, 1.807) is 36.4 Å². The van der Waals surface area contributed by atoms with Gasteiger partial charge in [-0.2, -0.15) is 13.2 Å². The van der Waals surface area contributed by atoms with Crippen LogP contribution >= 0.6 is 0 Å². The average molecular weight is 531 g/mol. The van der Waals surface area contributed by atoms with E-state index in [1.807, 2.05) is 0 Å². The molecule has 0 atom stereocenters. The van der Waals surface area contributed by atoms with Crippen molar-refractivity contribution in [2.24, 2.45) is 5.73 Å². The second kappa shape index (κ2) is 11.0. The van der Waals surface area contributed by atoms with Crippen LogP contribution in [0.15, 0.2) is 91.8 Å². The maximum absolute atomic E-state index is 13.1. The van der Waals surface area contributed by atoms with Crippen molar-refractivity contribution in [3.63, 3.8) is 0 Å². The standard InChI is InChI=1S/C28H20F3N5O3/c1-2-24(37)35-19-8-5-16(6-9-19)22-14-17(7-10-20(22)25-21(26(32)38)4-3-12-34-25)27(39)36-23-15-18(11-13-33-23)28(29,30)31/h2-15H,1H2,(H2,32,38)(H,35,37)(H,33,36,39). The Bertz CT molecular complexity index is 1580. The molecule has 39 heavy (non-hydrogen) atoms. The zero-order valence-electron chi connectivity index (χ0n) is 20.1. The summed E-state index contributed by atoms with van der Waals surface area (Å²) in [7, 11) is 0. The molecule has 2 aromatic heterocycles. The van der Waals surface area contributed by atoms with Gasteiger partial charge in [0.1, 0.15) is 5.82 Å². The predicted octanol–water partition coefficient (Wildman–Crippen LogP) is 5.31.